The molecule has 2 heterocycles. The van der Waals surface area contributed by atoms with E-state index in [2.05, 4.69) is 52.3 Å². The van der Waals surface area contributed by atoms with E-state index in [9.17, 15) is 0 Å². The number of piperidine rings is 1. The Bertz CT molecular complexity index is 345. The summed E-state index contributed by atoms with van der Waals surface area (Å²) in [4.78, 5) is 3.85. The summed E-state index contributed by atoms with van der Waals surface area (Å²) in [5.41, 5.74) is 0. The quantitative estimate of drug-likeness (QED) is 0.914. The summed E-state index contributed by atoms with van der Waals surface area (Å²) in [6.45, 7) is 5.92. The fourth-order valence-electron chi connectivity index (χ4n) is 2.27. The van der Waals surface area contributed by atoms with Gasteiger partial charge in [0.25, 0.3) is 0 Å². The molecule has 0 saturated carbocycles. The summed E-state index contributed by atoms with van der Waals surface area (Å²) in [6.07, 6.45) is 2.68. The van der Waals surface area contributed by atoms with Gasteiger partial charge in [0, 0.05) is 10.9 Å². The van der Waals surface area contributed by atoms with Gasteiger partial charge >= 0.3 is 0 Å². The summed E-state index contributed by atoms with van der Waals surface area (Å²) in [7, 11) is 2.22. The first-order chi connectivity index (χ1) is 8.15. The molecule has 0 aliphatic carbocycles. The number of rotatable bonds is 4. The minimum absolute atomic E-state index is 0.478. The van der Waals surface area contributed by atoms with E-state index in [1.54, 1.807) is 0 Å². The molecule has 2 rings (SSSR count). The number of halogens is 1. The Balaban J connectivity index is 1.74. The summed E-state index contributed by atoms with van der Waals surface area (Å²) < 4.78 is 1.22. The van der Waals surface area contributed by atoms with Crippen LogP contribution in [0.1, 0.15) is 30.7 Å². The largest absolute Gasteiger partial charge is 0.309 e. The molecule has 0 bridgehead atoms. The highest BCUT2D eigenvalue weighted by Crippen LogP contribution is 2.27. The molecule has 4 heteroatoms. The van der Waals surface area contributed by atoms with E-state index < -0.39 is 0 Å². The first-order valence-electron chi connectivity index (χ1n) is 6.32. The van der Waals surface area contributed by atoms with Gasteiger partial charge in [0.2, 0.25) is 0 Å². The predicted octanol–water partition coefficient (Wildman–Crippen LogP) is 3.50. The first-order valence-corrected chi connectivity index (χ1v) is 7.93. The van der Waals surface area contributed by atoms with E-state index in [0.717, 1.165) is 12.5 Å². The molecule has 1 aromatic rings. The van der Waals surface area contributed by atoms with Crippen LogP contribution in [-0.4, -0.2) is 31.6 Å². The average Bonchev–Trinajstić information content (AvgIpc) is 2.75. The van der Waals surface area contributed by atoms with E-state index in [1.165, 1.54) is 34.6 Å². The maximum absolute atomic E-state index is 3.67. The predicted molar refractivity (Wildman–Crippen MR) is 78.7 cm³/mol. The van der Waals surface area contributed by atoms with Crippen LogP contribution in [0.4, 0.5) is 0 Å². The molecular formula is C13H21BrN2S. The van der Waals surface area contributed by atoms with E-state index in [-0.39, 0.29) is 0 Å². The highest BCUT2D eigenvalue weighted by atomic mass is 79.9. The second-order valence-corrected chi connectivity index (χ2v) is 7.51. The lowest BCUT2D eigenvalue weighted by molar-refractivity contribution is 0.213. The molecule has 1 aromatic heterocycles. The van der Waals surface area contributed by atoms with Crippen molar-refractivity contribution in [3.05, 3.63) is 20.8 Å². The lowest BCUT2D eigenvalue weighted by Gasteiger charge is -2.29. The smallest absolute Gasteiger partial charge is 0.0701 e. The highest BCUT2D eigenvalue weighted by molar-refractivity contribution is 9.11. The van der Waals surface area contributed by atoms with Crippen LogP contribution < -0.4 is 5.32 Å². The van der Waals surface area contributed by atoms with E-state index in [4.69, 9.17) is 0 Å². The Morgan fingerprint density at radius 1 is 1.47 bits per heavy atom. The number of nitrogens with one attached hydrogen (secondary N) is 1. The third-order valence-corrected chi connectivity index (χ3v) is 5.38. The number of hydrogen-bond donors (Lipinski definition) is 1. The van der Waals surface area contributed by atoms with Gasteiger partial charge < -0.3 is 10.2 Å². The van der Waals surface area contributed by atoms with Crippen LogP contribution >= 0.6 is 27.3 Å². The van der Waals surface area contributed by atoms with Crippen LogP contribution in [-0.2, 0) is 0 Å². The lowest BCUT2D eigenvalue weighted by atomic mass is 9.97. The molecule has 0 spiro atoms. The molecule has 1 fully saturated rings. The molecule has 1 aliphatic rings. The molecule has 96 valence electrons. The monoisotopic (exact) mass is 316 g/mol. The van der Waals surface area contributed by atoms with Crippen molar-refractivity contribution in [1.82, 2.24) is 10.2 Å². The van der Waals surface area contributed by atoms with Gasteiger partial charge in [-0.1, -0.05) is 0 Å². The van der Waals surface area contributed by atoms with Crippen LogP contribution in [0.5, 0.6) is 0 Å². The van der Waals surface area contributed by atoms with Gasteiger partial charge in [-0.05, 0) is 80.4 Å². The lowest BCUT2D eigenvalue weighted by Crippen LogP contribution is -2.35. The Labute approximate surface area is 117 Å². The van der Waals surface area contributed by atoms with Gasteiger partial charge in [-0.25, -0.2) is 0 Å². The molecule has 17 heavy (non-hydrogen) atoms. The van der Waals surface area contributed by atoms with Crippen molar-refractivity contribution < 1.29 is 0 Å². The van der Waals surface area contributed by atoms with E-state index in [0.29, 0.717) is 6.04 Å². The summed E-state index contributed by atoms with van der Waals surface area (Å²) in [6, 6.07) is 4.82. The fourth-order valence-corrected chi connectivity index (χ4v) is 3.72. The molecule has 1 unspecified atom stereocenters. The number of likely N-dealkylation sites (tertiary alicyclic amines) is 1. The third-order valence-electron chi connectivity index (χ3n) is 3.57. The van der Waals surface area contributed by atoms with Crippen molar-refractivity contribution in [2.24, 2.45) is 5.92 Å². The third kappa shape index (κ3) is 4.05. The van der Waals surface area contributed by atoms with Crippen LogP contribution in [0.15, 0.2) is 15.9 Å². The second-order valence-electron chi connectivity index (χ2n) is 5.02. The Morgan fingerprint density at radius 2 is 2.18 bits per heavy atom. The number of nitrogens with zero attached hydrogens (tertiary/aromatic N) is 1. The fraction of sp³-hybridized carbons (Fsp3) is 0.692. The van der Waals surface area contributed by atoms with E-state index >= 15 is 0 Å². The molecular weight excluding hydrogens is 296 g/mol. The standard InChI is InChI=1S/C13H21BrN2S/c1-10(12-3-4-13(14)17-12)15-9-11-5-7-16(2)8-6-11/h3-4,10-11,15H,5-9H2,1-2H3. The number of thiophene rings is 1. The van der Waals surface area contributed by atoms with Gasteiger partial charge in [-0.15, -0.1) is 11.3 Å². The molecule has 2 nitrogen and oxygen atoms in total. The summed E-state index contributed by atoms with van der Waals surface area (Å²) in [5, 5.41) is 3.67. The molecule has 0 radical (unpaired) electrons. The minimum Gasteiger partial charge on any atom is -0.309 e. The molecule has 1 saturated heterocycles. The molecule has 1 N–H and O–H groups in total. The van der Waals surface area contributed by atoms with Gasteiger partial charge in [-0.2, -0.15) is 0 Å². The minimum atomic E-state index is 0.478. The first kappa shape index (κ1) is 13.5. The Morgan fingerprint density at radius 3 is 2.76 bits per heavy atom. The van der Waals surface area contributed by atoms with Crippen LogP contribution in [0, 0.1) is 5.92 Å². The Kier molecular flexibility index (Phi) is 5.03. The maximum atomic E-state index is 3.67. The summed E-state index contributed by atoms with van der Waals surface area (Å²) >= 11 is 5.35. The van der Waals surface area contributed by atoms with Crippen molar-refractivity contribution >= 4 is 27.3 Å². The zero-order valence-corrected chi connectivity index (χ0v) is 13.0. The van der Waals surface area contributed by atoms with Crippen molar-refractivity contribution in [1.29, 1.82) is 0 Å². The molecule has 1 aliphatic heterocycles. The molecule has 1 atom stereocenters. The zero-order valence-electron chi connectivity index (χ0n) is 10.6. The summed E-state index contributed by atoms with van der Waals surface area (Å²) in [5.74, 6) is 0.858. The van der Waals surface area contributed by atoms with Gasteiger partial charge in [-0.3, -0.25) is 0 Å². The van der Waals surface area contributed by atoms with Crippen molar-refractivity contribution in [2.45, 2.75) is 25.8 Å². The van der Waals surface area contributed by atoms with Gasteiger partial charge in [0.1, 0.15) is 0 Å². The number of hydrogen-bond acceptors (Lipinski definition) is 3. The van der Waals surface area contributed by atoms with Crippen LogP contribution in [0.25, 0.3) is 0 Å². The van der Waals surface area contributed by atoms with Gasteiger partial charge in [0.05, 0.1) is 3.79 Å². The van der Waals surface area contributed by atoms with Crippen LogP contribution in [0.2, 0.25) is 0 Å². The normalized spacial score (nSPS) is 20.6. The van der Waals surface area contributed by atoms with Crippen molar-refractivity contribution in [2.75, 3.05) is 26.7 Å². The van der Waals surface area contributed by atoms with Crippen molar-refractivity contribution in [3.8, 4) is 0 Å². The SMILES string of the molecule is CC(NCC1CCN(C)CC1)c1ccc(Br)s1. The van der Waals surface area contributed by atoms with Crippen LogP contribution in [0.3, 0.4) is 0 Å². The van der Waals surface area contributed by atoms with E-state index in [1.807, 2.05) is 11.3 Å². The average molecular weight is 317 g/mol. The highest BCUT2D eigenvalue weighted by Gasteiger charge is 2.17. The Hall–Kier alpha value is 0.1000. The van der Waals surface area contributed by atoms with Gasteiger partial charge in [0.15, 0.2) is 0 Å². The van der Waals surface area contributed by atoms with Crippen molar-refractivity contribution in [3.63, 3.8) is 0 Å². The second kappa shape index (κ2) is 6.32. The topological polar surface area (TPSA) is 15.3 Å². The maximum Gasteiger partial charge on any atom is 0.0701 e. The molecule has 0 amide bonds. The zero-order chi connectivity index (χ0) is 12.3. The molecule has 0 aromatic carbocycles.